The normalized spacial score (nSPS) is 11.6. The number of amides is 1. The molecule has 8 nitrogen and oxygen atoms in total. The van der Waals surface area contributed by atoms with Crippen molar-refractivity contribution in [3.63, 3.8) is 0 Å². The molecule has 0 fully saturated rings. The third-order valence-corrected chi connectivity index (χ3v) is 5.56. The summed E-state index contributed by atoms with van der Waals surface area (Å²) in [6.45, 7) is -0.326. The van der Waals surface area contributed by atoms with E-state index in [-0.39, 0.29) is 12.4 Å². The number of carbonyl (C=O) groups excluding carboxylic acids is 1. The van der Waals surface area contributed by atoms with Gasteiger partial charge in [0.05, 0.1) is 13.7 Å². The number of aliphatic hydroxyl groups is 1. The molecule has 0 radical (unpaired) electrons. The average molecular weight is 466 g/mol. The summed E-state index contributed by atoms with van der Waals surface area (Å²) in [4.78, 5) is 16.7. The lowest BCUT2D eigenvalue weighted by Gasteiger charge is -2.19. The van der Waals surface area contributed by atoms with E-state index in [1.54, 1.807) is 36.7 Å². The fraction of sp³-hybridized carbons (Fsp3) is 0.130. The summed E-state index contributed by atoms with van der Waals surface area (Å²) >= 11 is 1.24. The monoisotopic (exact) mass is 466 g/mol. The highest BCUT2D eigenvalue weighted by Gasteiger charge is 2.18. The quantitative estimate of drug-likeness (QED) is 0.402. The number of aliphatic hydroxyl groups excluding tert-OH is 1. The molecule has 4 aromatic rings. The molecule has 0 bridgehead atoms. The number of rotatable bonds is 8. The zero-order valence-corrected chi connectivity index (χ0v) is 18.3. The number of pyridine rings is 1. The summed E-state index contributed by atoms with van der Waals surface area (Å²) in [5.74, 6) is -0.146. The maximum atomic E-state index is 13.2. The van der Waals surface area contributed by atoms with E-state index in [1.165, 1.54) is 48.8 Å². The fourth-order valence-electron chi connectivity index (χ4n) is 3.00. The van der Waals surface area contributed by atoms with E-state index in [4.69, 9.17) is 9.47 Å². The molecule has 0 unspecified atom stereocenters. The van der Waals surface area contributed by atoms with Gasteiger partial charge >= 0.3 is 0 Å². The zero-order chi connectivity index (χ0) is 23.2. The maximum Gasteiger partial charge on any atom is 0.257 e. The van der Waals surface area contributed by atoms with Crippen LogP contribution in [0, 0.1) is 5.82 Å². The van der Waals surface area contributed by atoms with Gasteiger partial charge in [-0.3, -0.25) is 15.1 Å². The Kier molecular flexibility index (Phi) is 6.86. The Morgan fingerprint density at radius 1 is 1.09 bits per heavy atom. The first-order valence-corrected chi connectivity index (χ1v) is 10.7. The van der Waals surface area contributed by atoms with Crippen LogP contribution in [0.4, 0.5) is 9.52 Å². The molecule has 0 spiro atoms. The smallest absolute Gasteiger partial charge is 0.257 e. The summed E-state index contributed by atoms with van der Waals surface area (Å²) < 4.78 is 24.4. The lowest BCUT2D eigenvalue weighted by Crippen LogP contribution is -2.14. The number of methoxy groups -OCH3 is 1. The maximum absolute atomic E-state index is 13.2. The third-order valence-electron chi connectivity index (χ3n) is 4.68. The molecule has 2 N–H and O–H groups in total. The second-order valence-corrected chi connectivity index (χ2v) is 7.79. The van der Waals surface area contributed by atoms with Crippen LogP contribution < -0.4 is 14.8 Å². The minimum Gasteiger partial charge on any atom is -0.493 e. The van der Waals surface area contributed by atoms with Crippen LogP contribution in [-0.4, -0.2) is 39.9 Å². The van der Waals surface area contributed by atoms with Gasteiger partial charge in [-0.25, -0.2) is 4.39 Å². The highest BCUT2D eigenvalue weighted by atomic mass is 32.1. The van der Waals surface area contributed by atoms with Gasteiger partial charge in [0.1, 0.15) is 16.9 Å². The zero-order valence-electron chi connectivity index (χ0n) is 17.4. The van der Waals surface area contributed by atoms with Gasteiger partial charge < -0.3 is 14.6 Å². The molecule has 2 aromatic carbocycles. The molecule has 0 aliphatic rings. The van der Waals surface area contributed by atoms with Crippen molar-refractivity contribution < 1.29 is 23.8 Å². The van der Waals surface area contributed by atoms with E-state index >= 15 is 0 Å². The number of halogens is 1. The van der Waals surface area contributed by atoms with Gasteiger partial charge in [0, 0.05) is 23.5 Å². The molecular formula is C23H19FN4O4S. The molecule has 168 valence electrons. The molecule has 2 aromatic heterocycles. The van der Waals surface area contributed by atoms with Crippen LogP contribution in [0.25, 0.3) is 10.6 Å². The number of nitrogens with one attached hydrogen (secondary N) is 1. The van der Waals surface area contributed by atoms with Crippen molar-refractivity contribution in [1.82, 2.24) is 15.2 Å². The summed E-state index contributed by atoms with van der Waals surface area (Å²) in [5, 5.41) is 21.6. The van der Waals surface area contributed by atoms with Crippen LogP contribution in [0.15, 0.2) is 67.0 Å². The Morgan fingerprint density at radius 2 is 1.85 bits per heavy atom. The molecule has 1 atom stereocenters. The van der Waals surface area contributed by atoms with Crippen molar-refractivity contribution in [1.29, 1.82) is 0 Å². The minimum absolute atomic E-state index is 0.304. The van der Waals surface area contributed by atoms with E-state index in [2.05, 4.69) is 20.5 Å². The van der Waals surface area contributed by atoms with Crippen LogP contribution in [0.3, 0.4) is 0 Å². The average Bonchev–Trinajstić information content (AvgIpc) is 3.32. The highest BCUT2D eigenvalue weighted by Crippen LogP contribution is 2.33. The predicted octanol–water partition coefficient (Wildman–Crippen LogP) is 4.11. The first-order chi connectivity index (χ1) is 16.1. The number of hydrogen-bond donors (Lipinski definition) is 2. The standard InChI is InChI=1S/C23H19FN4O4S/c1-31-19-12-16(4-7-18(19)32-20(13-29)14-2-5-17(24)6-3-14)21(30)26-23-28-27-22(33-23)15-8-10-25-11-9-15/h2-12,20,29H,13H2,1H3,(H,26,28,30)/t20-/m1/s1. The number of carbonyl (C=O) groups is 1. The SMILES string of the molecule is COc1cc(C(=O)Nc2nnc(-c3ccncc3)s2)ccc1O[C@H](CO)c1ccc(F)cc1. The molecule has 0 saturated carbocycles. The predicted molar refractivity (Wildman–Crippen MR) is 121 cm³/mol. The number of hydrogen-bond acceptors (Lipinski definition) is 8. The molecule has 33 heavy (non-hydrogen) atoms. The second kappa shape index (κ2) is 10.2. The van der Waals surface area contributed by atoms with Gasteiger partial charge in [0.25, 0.3) is 5.91 Å². The van der Waals surface area contributed by atoms with Crippen molar-refractivity contribution >= 4 is 22.4 Å². The van der Waals surface area contributed by atoms with Gasteiger partial charge in [-0.05, 0) is 48.0 Å². The Bertz CT molecular complexity index is 1230. The lowest BCUT2D eigenvalue weighted by atomic mass is 10.1. The van der Waals surface area contributed by atoms with Gasteiger partial charge in [-0.1, -0.05) is 23.5 Å². The summed E-state index contributed by atoms with van der Waals surface area (Å²) in [6, 6.07) is 13.9. The summed E-state index contributed by atoms with van der Waals surface area (Å²) in [6.07, 6.45) is 2.58. The topological polar surface area (TPSA) is 106 Å². The van der Waals surface area contributed by atoms with Crippen molar-refractivity contribution in [3.05, 3.63) is 83.9 Å². The molecule has 4 rings (SSSR count). The molecule has 0 aliphatic carbocycles. The van der Waals surface area contributed by atoms with E-state index in [0.717, 1.165) is 5.56 Å². The Morgan fingerprint density at radius 3 is 2.55 bits per heavy atom. The van der Waals surface area contributed by atoms with Crippen LogP contribution in [0.2, 0.25) is 0 Å². The number of benzene rings is 2. The minimum atomic E-state index is -0.729. The first-order valence-electron chi connectivity index (χ1n) is 9.83. The van der Waals surface area contributed by atoms with E-state index in [9.17, 15) is 14.3 Å². The molecule has 2 heterocycles. The molecular weight excluding hydrogens is 447 g/mol. The Balaban J connectivity index is 1.48. The Labute approximate surface area is 192 Å². The molecule has 0 aliphatic heterocycles. The first kappa shape index (κ1) is 22.3. The van der Waals surface area contributed by atoms with Crippen LogP contribution in [0.5, 0.6) is 11.5 Å². The van der Waals surface area contributed by atoms with Crippen LogP contribution in [0.1, 0.15) is 22.0 Å². The summed E-state index contributed by atoms with van der Waals surface area (Å²) in [5.41, 5.74) is 1.77. The molecule has 1 amide bonds. The van der Waals surface area contributed by atoms with Crippen LogP contribution in [-0.2, 0) is 0 Å². The van der Waals surface area contributed by atoms with E-state index in [1.807, 2.05) is 0 Å². The highest BCUT2D eigenvalue weighted by molar-refractivity contribution is 7.18. The molecule has 10 heteroatoms. The van der Waals surface area contributed by atoms with Crippen molar-refractivity contribution in [3.8, 4) is 22.1 Å². The second-order valence-electron chi connectivity index (χ2n) is 6.81. The molecule has 0 saturated heterocycles. The fourth-order valence-corrected chi connectivity index (χ4v) is 3.75. The Hall–Kier alpha value is -3.89. The number of nitrogens with zero attached hydrogens (tertiary/aromatic N) is 3. The van der Waals surface area contributed by atoms with Crippen molar-refractivity contribution in [2.75, 3.05) is 19.0 Å². The number of ether oxygens (including phenoxy) is 2. The number of anilines is 1. The van der Waals surface area contributed by atoms with Gasteiger partial charge in [-0.15, -0.1) is 10.2 Å². The van der Waals surface area contributed by atoms with Crippen LogP contribution >= 0.6 is 11.3 Å². The number of aromatic nitrogens is 3. The largest absolute Gasteiger partial charge is 0.493 e. The third kappa shape index (κ3) is 5.30. The van der Waals surface area contributed by atoms with Gasteiger partial charge in [-0.2, -0.15) is 0 Å². The summed E-state index contributed by atoms with van der Waals surface area (Å²) in [7, 11) is 1.45. The lowest BCUT2D eigenvalue weighted by molar-refractivity contribution is 0.102. The van der Waals surface area contributed by atoms with E-state index < -0.39 is 12.0 Å². The van der Waals surface area contributed by atoms with Crippen molar-refractivity contribution in [2.45, 2.75) is 6.10 Å². The van der Waals surface area contributed by atoms with Gasteiger partial charge in [0.2, 0.25) is 5.13 Å². The van der Waals surface area contributed by atoms with Gasteiger partial charge in [0.15, 0.2) is 11.5 Å². The van der Waals surface area contributed by atoms with E-state index in [0.29, 0.717) is 32.8 Å². The van der Waals surface area contributed by atoms with Crippen molar-refractivity contribution in [2.24, 2.45) is 0 Å².